The Morgan fingerprint density at radius 3 is 2.52 bits per heavy atom. The second-order valence-electron chi connectivity index (χ2n) is 4.31. The van der Waals surface area contributed by atoms with E-state index in [4.69, 9.17) is 23.2 Å². The van der Waals surface area contributed by atoms with Gasteiger partial charge in [0.2, 0.25) is 0 Å². The molecule has 0 aliphatic heterocycles. The summed E-state index contributed by atoms with van der Waals surface area (Å²) in [6.07, 6.45) is -2.86. The Morgan fingerprint density at radius 1 is 1.35 bits per heavy atom. The third kappa shape index (κ3) is 4.02. The third-order valence-electron chi connectivity index (χ3n) is 2.63. The molecule has 2 rings (SSSR count). The summed E-state index contributed by atoms with van der Waals surface area (Å²) >= 11 is 11.7. The molecule has 10 heteroatoms. The van der Waals surface area contributed by atoms with E-state index < -0.39 is 23.4 Å². The van der Waals surface area contributed by atoms with Crippen molar-refractivity contribution >= 4 is 35.4 Å². The maximum atomic E-state index is 12.8. The van der Waals surface area contributed by atoms with Gasteiger partial charge in [-0.25, -0.2) is 4.79 Å². The Hall–Kier alpha value is -2.06. The first-order valence-corrected chi connectivity index (χ1v) is 6.75. The molecule has 0 amide bonds. The molecule has 0 saturated heterocycles. The highest BCUT2D eigenvalue weighted by Crippen LogP contribution is 2.31. The van der Waals surface area contributed by atoms with E-state index in [-0.39, 0.29) is 15.6 Å². The van der Waals surface area contributed by atoms with E-state index in [1.165, 1.54) is 19.2 Å². The molecule has 1 aromatic carbocycles. The van der Waals surface area contributed by atoms with Gasteiger partial charge in [-0.05, 0) is 12.1 Å². The lowest BCUT2D eigenvalue weighted by atomic mass is 10.2. The van der Waals surface area contributed by atoms with Gasteiger partial charge < -0.3 is 4.84 Å². The van der Waals surface area contributed by atoms with Gasteiger partial charge in [0.25, 0.3) is 0 Å². The molecular weight excluding hydrogens is 358 g/mol. The van der Waals surface area contributed by atoms with Gasteiger partial charge in [-0.3, -0.25) is 4.68 Å². The Kier molecular flexibility index (Phi) is 4.96. The number of benzene rings is 1. The number of alkyl halides is 3. The number of carbonyl (C=O) groups is 1. The fourth-order valence-electron chi connectivity index (χ4n) is 1.66. The average molecular weight is 366 g/mol. The molecule has 122 valence electrons. The van der Waals surface area contributed by atoms with Crippen LogP contribution in [0, 0.1) is 0 Å². The molecule has 0 bridgehead atoms. The summed E-state index contributed by atoms with van der Waals surface area (Å²) in [5.74, 6) is -1.30. The van der Waals surface area contributed by atoms with E-state index in [1.807, 2.05) is 0 Å². The van der Waals surface area contributed by atoms with Gasteiger partial charge in [-0.15, -0.1) is 0 Å². The largest absolute Gasteiger partial charge is 0.436 e. The molecule has 2 aromatic rings. The van der Waals surface area contributed by atoms with Crippen molar-refractivity contribution in [1.29, 1.82) is 0 Å². The van der Waals surface area contributed by atoms with Crippen LogP contribution < -0.4 is 0 Å². The highest BCUT2D eigenvalue weighted by Gasteiger charge is 2.39. The normalized spacial score (nSPS) is 11.9. The quantitative estimate of drug-likeness (QED) is 0.470. The molecule has 0 saturated carbocycles. The van der Waals surface area contributed by atoms with Gasteiger partial charge in [0.05, 0.1) is 16.3 Å². The van der Waals surface area contributed by atoms with Gasteiger partial charge >= 0.3 is 12.1 Å². The summed E-state index contributed by atoms with van der Waals surface area (Å²) in [4.78, 5) is 16.2. The van der Waals surface area contributed by atoms with Gasteiger partial charge in [0.15, 0.2) is 5.69 Å². The fraction of sp³-hybridized carbons (Fsp3) is 0.154. The Balaban J connectivity index is 2.19. The zero-order valence-corrected chi connectivity index (χ0v) is 12.9. The summed E-state index contributed by atoms with van der Waals surface area (Å²) in [5, 5.41) is 7.01. The molecule has 0 atom stereocenters. The zero-order valence-electron chi connectivity index (χ0n) is 11.4. The Morgan fingerprint density at radius 2 is 1.96 bits per heavy atom. The van der Waals surface area contributed by atoms with E-state index in [0.29, 0.717) is 0 Å². The molecule has 1 aromatic heterocycles. The van der Waals surface area contributed by atoms with Crippen molar-refractivity contribution in [1.82, 2.24) is 9.78 Å². The first-order chi connectivity index (χ1) is 10.7. The average Bonchev–Trinajstić information content (AvgIpc) is 2.84. The smallest absolute Gasteiger partial charge is 0.313 e. The molecule has 0 fully saturated rings. The summed E-state index contributed by atoms with van der Waals surface area (Å²) in [5.41, 5.74) is -1.83. The van der Waals surface area contributed by atoms with Crippen LogP contribution in [0.5, 0.6) is 0 Å². The molecule has 5 nitrogen and oxygen atoms in total. The van der Waals surface area contributed by atoms with Crippen molar-refractivity contribution in [3.8, 4) is 0 Å². The Labute approximate surface area is 138 Å². The second-order valence-corrected chi connectivity index (χ2v) is 5.13. The van der Waals surface area contributed by atoms with E-state index in [2.05, 4.69) is 15.1 Å². The predicted molar refractivity (Wildman–Crippen MR) is 77.7 cm³/mol. The van der Waals surface area contributed by atoms with Crippen molar-refractivity contribution in [2.45, 2.75) is 6.18 Å². The van der Waals surface area contributed by atoms with Crippen LogP contribution in [-0.2, 0) is 18.1 Å². The van der Waals surface area contributed by atoms with Crippen LogP contribution in [0.3, 0.4) is 0 Å². The topological polar surface area (TPSA) is 56.5 Å². The predicted octanol–water partition coefficient (Wildman–Crippen LogP) is 3.94. The number of aromatic nitrogens is 2. The lowest BCUT2D eigenvalue weighted by Gasteiger charge is -2.04. The molecule has 23 heavy (non-hydrogen) atoms. The number of aryl methyl sites for hydroxylation is 1. The van der Waals surface area contributed by atoms with Crippen LogP contribution in [0.2, 0.25) is 10.0 Å². The number of oxime groups is 1. The Bertz CT molecular complexity index is 752. The molecule has 0 N–H and O–H groups in total. The van der Waals surface area contributed by atoms with E-state index >= 15 is 0 Å². The number of rotatable bonds is 3. The molecular formula is C13H8Cl2F3N3O2. The van der Waals surface area contributed by atoms with Crippen molar-refractivity contribution < 1.29 is 22.8 Å². The highest BCUT2D eigenvalue weighted by atomic mass is 35.5. The summed E-state index contributed by atoms with van der Waals surface area (Å²) in [6.45, 7) is 0. The summed E-state index contributed by atoms with van der Waals surface area (Å²) in [6, 6.07) is 4.65. The van der Waals surface area contributed by atoms with E-state index in [1.54, 1.807) is 6.07 Å². The monoisotopic (exact) mass is 365 g/mol. The van der Waals surface area contributed by atoms with Crippen LogP contribution in [0.4, 0.5) is 13.2 Å². The van der Waals surface area contributed by atoms with Gasteiger partial charge in [-0.1, -0.05) is 34.4 Å². The standard InChI is InChI=1S/C13H8Cl2F3N3O2/c1-21-6-8(11(20-21)13(16,17)18)12(22)23-19-5-7-9(14)3-2-4-10(7)15/h2-6H,1H3/b19-5-. The zero-order chi connectivity index (χ0) is 17.2. The van der Waals surface area contributed by atoms with Crippen LogP contribution in [0.1, 0.15) is 21.6 Å². The lowest BCUT2D eigenvalue weighted by molar-refractivity contribution is -0.142. The first kappa shape index (κ1) is 17.3. The van der Waals surface area contributed by atoms with Gasteiger partial charge in [0, 0.05) is 18.8 Å². The molecule has 0 spiro atoms. The van der Waals surface area contributed by atoms with Gasteiger partial charge in [0.1, 0.15) is 5.56 Å². The van der Waals surface area contributed by atoms with Crippen molar-refractivity contribution in [3.63, 3.8) is 0 Å². The molecule has 0 aliphatic rings. The SMILES string of the molecule is Cn1cc(C(=O)O/N=C\c2c(Cl)cccc2Cl)c(C(F)(F)F)n1. The molecule has 0 unspecified atom stereocenters. The minimum atomic E-state index is -4.79. The number of halogens is 5. The van der Waals surface area contributed by atoms with Gasteiger partial charge in [-0.2, -0.15) is 18.3 Å². The summed E-state index contributed by atoms with van der Waals surface area (Å²) in [7, 11) is 1.25. The second kappa shape index (κ2) is 6.59. The van der Waals surface area contributed by atoms with Crippen LogP contribution >= 0.6 is 23.2 Å². The lowest BCUT2D eigenvalue weighted by Crippen LogP contribution is -2.13. The maximum absolute atomic E-state index is 12.8. The number of hydrogen-bond donors (Lipinski definition) is 0. The number of nitrogens with zero attached hydrogens (tertiary/aromatic N) is 3. The highest BCUT2D eigenvalue weighted by molar-refractivity contribution is 6.38. The van der Waals surface area contributed by atoms with E-state index in [9.17, 15) is 18.0 Å². The summed E-state index contributed by atoms with van der Waals surface area (Å²) < 4.78 is 39.1. The minimum Gasteiger partial charge on any atom is -0.313 e. The first-order valence-electron chi connectivity index (χ1n) is 5.99. The molecule has 1 heterocycles. The maximum Gasteiger partial charge on any atom is 0.436 e. The third-order valence-corrected chi connectivity index (χ3v) is 3.29. The van der Waals surface area contributed by atoms with Crippen LogP contribution in [-0.4, -0.2) is 22.0 Å². The number of hydrogen-bond acceptors (Lipinski definition) is 4. The van der Waals surface area contributed by atoms with Crippen molar-refractivity contribution in [2.75, 3.05) is 0 Å². The fourth-order valence-corrected chi connectivity index (χ4v) is 2.15. The van der Waals surface area contributed by atoms with E-state index in [0.717, 1.165) is 17.1 Å². The van der Waals surface area contributed by atoms with Crippen molar-refractivity contribution in [3.05, 3.63) is 51.3 Å². The minimum absolute atomic E-state index is 0.245. The van der Waals surface area contributed by atoms with Crippen LogP contribution in [0.15, 0.2) is 29.6 Å². The van der Waals surface area contributed by atoms with Crippen LogP contribution in [0.25, 0.3) is 0 Å². The molecule has 0 radical (unpaired) electrons. The number of carbonyl (C=O) groups excluding carboxylic acids is 1. The van der Waals surface area contributed by atoms with Crippen molar-refractivity contribution in [2.24, 2.45) is 12.2 Å². The molecule has 0 aliphatic carbocycles.